The number of anilines is 2. The van der Waals surface area contributed by atoms with E-state index >= 15 is 0 Å². The molecule has 0 spiro atoms. The molecule has 2 aromatic carbocycles. The van der Waals surface area contributed by atoms with E-state index in [2.05, 4.69) is 15.5 Å². The topological polar surface area (TPSA) is 114 Å². The summed E-state index contributed by atoms with van der Waals surface area (Å²) in [5, 5.41) is 20.1. The molecule has 2 aromatic heterocycles. The van der Waals surface area contributed by atoms with Crippen molar-refractivity contribution < 1.29 is 14.4 Å². The van der Waals surface area contributed by atoms with E-state index in [9.17, 15) is 9.90 Å². The molecule has 0 atom stereocenters. The second-order valence-corrected chi connectivity index (χ2v) is 8.33. The Labute approximate surface area is 185 Å². The summed E-state index contributed by atoms with van der Waals surface area (Å²) >= 11 is 7.90. The Balaban J connectivity index is 1.58. The molecule has 0 aliphatic carbocycles. The molecule has 1 amide bonds. The third-order valence-electron chi connectivity index (χ3n) is 4.96. The lowest BCUT2D eigenvalue weighted by Gasteiger charge is -2.09. The molecule has 4 aromatic rings. The number of hydrogen-bond donors (Lipinski definition) is 3. The molecule has 0 bridgehead atoms. The van der Waals surface area contributed by atoms with Gasteiger partial charge in [-0.15, -0.1) is 11.3 Å². The number of aliphatic hydroxyl groups excluding tert-OH is 1. The first kappa shape index (κ1) is 19.3. The van der Waals surface area contributed by atoms with Crippen molar-refractivity contribution >= 4 is 51.0 Å². The minimum Gasteiger partial charge on any atom is -0.504 e. The number of thiazole rings is 1. The van der Waals surface area contributed by atoms with Crippen LogP contribution in [0.4, 0.5) is 10.8 Å². The van der Waals surface area contributed by atoms with Crippen LogP contribution < -0.4 is 11.1 Å². The van der Waals surface area contributed by atoms with Crippen LogP contribution in [0, 0.1) is 6.92 Å². The summed E-state index contributed by atoms with van der Waals surface area (Å²) in [7, 11) is 0. The number of rotatable bonds is 3. The number of benzene rings is 2. The average molecular weight is 451 g/mol. The highest BCUT2D eigenvalue weighted by Crippen LogP contribution is 2.42. The van der Waals surface area contributed by atoms with Crippen LogP contribution in [-0.2, 0) is 4.79 Å². The third kappa shape index (κ3) is 3.35. The summed E-state index contributed by atoms with van der Waals surface area (Å²) in [5.41, 5.74) is 10.8. The third-order valence-corrected chi connectivity index (χ3v) is 5.95. The highest BCUT2D eigenvalue weighted by molar-refractivity contribution is 7.13. The van der Waals surface area contributed by atoms with E-state index in [0.29, 0.717) is 27.1 Å². The fourth-order valence-electron chi connectivity index (χ4n) is 3.49. The Morgan fingerprint density at radius 3 is 2.55 bits per heavy atom. The van der Waals surface area contributed by atoms with Gasteiger partial charge in [0.2, 0.25) is 5.76 Å². The van der Waals surface area contributed by atoms with Crippen molar-refractivity contribution in [3.05, 3.63) is 69.9 Å². The van der Waals surface area contributed by atoms with E-state index in [1.807, 2.05) is 29.6 Å². The number of fused-ring (bicyclic) bond motifs is 1. The molecule has 0 unspecified atom stereocenters. The van der Waals surface area contributed by atoms with Crippen LogP contribution in [-0.4, -0.2) is 21.2 Å². The predicted octanol–water partition coefficient (Wildman–Crippen LogP) is 5.39. The molecular weight excluding hydrogens is 436 g/mol. The highest BCUT2D eigenvalue weighted by Gasteiger charge is 2.31. The van der Waals surface area contributed by atoms with E-state index in [4.69, 9.17) is 21.9 Å². The van der Waals surface area contributed by atoms with Crippen LogP contribution in [0.3, 0.4) is 0 Å². The minimum absolute atomic E-state index is 0.110. The van der Waals surface area contributed by atoms with Gasteiger partial charge in [0.25, 0.3) is 5.91 Å². The van der Waals surface area contributed by atoms with Gasteiger partial charge in [-0.05, 0) is 24.6 Å². The van der Waals surface area contributed by atoms with Crippen molar-refractivity contribution in [1.82, 2.24) is 10.1 Å². The van der Waals surface area contributed by atoms with Crippen molar-refractivity contribution in [2.24, 2.45) is 0 Å². The first-order valence-corrected chi connectivity index (χ1v) is 10.5. The van der Waals surface area contributed by atoms with E-state index in [-0.39, 0.29) is 17.1 Å². The molecule has 3 heterocycles. The molecule has 1 aliphatic rings. The van der Waals surface area contributed by atoms with Gasteiger partial charge in [0.15, 0.2) is 10.9 Å². The monoisotopic (exact) mass is 450 g/mol. The summed E-state index contributed by atoms with van der Waals surface area (Å²) in [6, 6.07) is 12.7. The number of aryl methyl sites for hydroxylation is 1. The lowest BCUT2D eigenvalue weighted by molar-refractivity contribution is -0.110. The SMILES string of the molecule is Cc1cc(C(O)=C2C(=O)Nc3cc(Cl)c(-c4ccc(-c5csc(N)n5)cc4)cc32)on1. The number of amides is 1. The molecule has 0 saturated heterocycles. The number of carbonyl (C=O) groups is 1. The largest absolute Gasteiger partial charge is 0.504 e. The van der Waals surface area contributed by atoms with E-state index in [0.717, 1.165) is 22.4 Å². The molecule has 5 rings (SSSR count). The second-order valence-electron chi connectivity index (χ2n) is 7.04. The van der Waals surface area contributed by atoms with Gasteiger partial charge < -0.3 is 20.7 Å². The first-order valence-electron chi connectivity index (χ1n) is 9.24. The van der Waals surface area contributed by atoms with Crippen LogP contribution in [0.25, 0.3) is 33.7 Å². The number of aliphatic hydroxyl groups is 1. The lowest BCUT2D eigenvalue weighted by atomic mass is 9.97. The molecule has 0 fully saturated rings. The maximum absolute atomic E-state index is 12.6. The van der Waals surface area contributed by atoms with Crippen molar-refractivity contribution in [2.45, 2.75) is 6.92 Å². The number of hydrogen-bond acceptors (Lipinski definition) is 7. The lowest BCUT2D eigenvalue weighted by Crippen LogP contribution is -2.05. The normalized spacial score (nSPS) is 14.5. The number of nitrogens with one attached hydrogen (secondary N) is 1. The molecular formula is C22H15ClN4O3S. The molecule has 154 valence electrons. The van der Waals surface area contributed by atoms with Gasteiger partial charge in [-0.3, -0.25) is 4.79 Å². The first-order chi connectivity index (χ1) is 14.9. The second kappa shape index (κ2) is 7.26. The maximum Gasteiger partial charge on any atom is 0.260 e. The Hall–Kier alpha value is -3.62. The Morgan fingerprint density at radius 2 is 1.90 bits per heavy atom. The number of nitrogens with zero attached hydrogens (tertiary/aromatic N) is 2. The summed E-state index contributed by atoms with van der Waals surface area (Å²) in [6.07, 6.45) is 0. The van der Waals surface area contributed by atoms with Crippen molar-refractivity contribution in [3.8, 4) is 22.4 Å². The molecule has 1 aliphatic heterocycles. The summed E-state index contributed by atoms with van der Waals surface area (Å²) < 4.78 is 5.12. The molecule has 31 heavy (non-hydrogen) atoms. The minimum atomic E-state index is -0.439. The van der Waals surface area contributed by atoms with Crippen LogP contribution in [0.1, 0.15) is 17.0 Å². The zero-order chi connectivity index (χ0) is 21.7. The van der Waals surface area contributed by atoms with Crippen molar-refractivity contribution in [2.75, 3.05) is 11.1 Å². The highest BCUT2D eigenvalue weighted by atomic mass is 35.5. The Morgan fingerprint density at radius 1 is 1.16 bits per heavy atom. The van der Waals surface area contributed by atoms with Crippen LogP contribution in [0.5, 0.6) is 0 Å². The zero-order valence-electron chi connectivity index (χ0n) is 16.1. The van der Waals surface area contributed by atoms with Gasteiger partial charge >= 0.3 is 0 Å². The number of carbonyl (C=O) groups excluding carboxylic acids is 1. The zero-order valence-corrected chi connectivity index (χ0v) is 17.7. The fraction of sp³-hybridized carbons (Fsp3) is 0.0455. The summed E-state index contributed by atoms with van der Waals surface area (Å²) in [5.74, 6) is -0.591. The maximum atomic E-state index is 12.6. The summed E-state index contributed by atoms with van der Waals surface area (Å²) in [4.78, 5) is 16.9. The molecule has 4 N–H and O–H groups in total. The predicted molar refractivity (Wildman–Crippen MR) is 122 cm³/mol. The molecule has 0 saturated carbocycles. The average Bonchev–Trinajstić information content (AvgIpc) is 3.45. The number of aromatic nitrogens is 2. The Kier molecular flexibility index (Phi) is 4.53. The fourth-order valence-corrected chi connectivity index (χ4v) is 4.33. The van der Waals surface area contributed by atoms with E-state index < -0.39 is 5.91 Å². The molecule has 0 radical (unpaired) electrons. The summed E-state index contributed by atoms with van der Waals surface area (Å²) in [6.45, 7) is 1.73. The van der Waals surface area contributed by atoms with Gasteiger partial charge in [-0.2, -0.15) is 0 Å². The van der Waals surface area contributed by atoms with Crippen LogP contribution >= 0.6 is 22.9 Å². The van der Waals surface area contributed by atoms with Crippen LogP contribution in [0.2, 0.25) is 5.02 Å². The van der Waals surface area contributed by atoms with Gasteiger partial charge in [-0.25, -0.2) is 4.98 Å². The van der Waals surface area contributed by atoms with Crippen LogP contribution in [0.15, 0.2) is 52.4 Å². The van der Waals surface area contributed by atoms with Gasteiger partial charge in [0.05, 0.1) is 27.7 Å². The number of nitrogens with two attached hydrogens (primary N) is 1. The smallest absolute Gasteiger partial charge is 0.260 e. The number of nitrogen functional groups attached to an aromatic ring is 1. The number of halogens is 1. The van der Waals surface area contributed by atoms with E-state index in [1.165, 1.54) is 11.3 Å². The van der Waals surface area contributed by atoms with Gasteiger partial charge in [-0.1, -0.05) is 41.0 Å². The molecule has 9 heteroatoms. The van der Waals surface area contributed by atoms with Gasteiger partial charge in [0.1, 0.15) is 0 Å². The van der Waals surface area contributed by atoms with E-state index in [1.54, 1.807) is 25.1 Å². The Bertz CT molecular complexity index is 1370. The van der Waals surface area contributed by atoms with Crippen molar-refractivity contribution in [3.63, 3.8) is 0 Å². The van der Waals surface area contributed by atoms with Gasteiger partial charge in [0, 0.05) is 28.1 Å². The molecule has 7 nitrogen and oxygen atoms in total. The standard InChI is InChI=1S/C22H15ClN4O3S/c1-10-6-18(30-27-10)20(28)19-14-7-13(15(23)8-16(14)25-21(19)29)11-2-4-12(5-3-11)17-9-31-22(24)26-17/h2-9,28H,1H3,(H2,24,26)(H,25,29). The van der Waals surface area contributed by atoms with Crippen molar-refractivity contribution in [1.29, 1.82) is 0 Å². The quantitative estimate of drug-likeness (QED) is 0.285.